The summed E-state index contributed by atoms with van der Waals surface area (Å²) in [6.07, 6.45) is 3.64. The van der Waals surface area contributed by atoms with Crippen LogP contribution in [0.15, 0.2) is 47.3 Å². The van der Waals surface area contributed by atoms with Gasteiger partial charge in [-0.2, -0.15) is 0 Å². The molecule has 0 atom stereocenters. The maximum Gasteiger partial charge on any atom is 0.335 e. The summed E-state index contributed by atoms with van der Waals surface area (Å²) >= 11 is 0. The van der Waals surface area contributed by atoms with Crippen molar-refractivity contribution in [3.8, 4) is 5.75 Å². The Hall–Kier alpha value is -3.41. The molecule has 0 saturated carbocycles. The van der Waals surface area contributed by atoms with Gasteiger partial charge in [0.2, 0.25) is 0 Å². The maximum absolute atomic E-state index is 12.9. The number of aromatic carboxylic acids is 1. The van der Waals surface area contributed by atoms with E-state index in [-0.39, 0.29) is 11.1 Å². The molecule has 0 aliphatic carbocycles. The van der Waals surface area contributed by atoms with Crippen molar-refractivity contribution in [1.29, 1.82) is 0 Å². The topological polar surface area (TPSA) is 81.4 Å². The highest BCUT2D eigenvalue weighted by Gasteiger charge is 2.20. The second-order valence-electron chi connectivity index (χ2n) is 6.44. The fraction of sp³-hybridized carbons (Fsp3) is 0.190. The Balaban J connectivity index is 1.91. The molecule has 0 fully saturated rings. The number of rotatable bonds is 3. The summed E-state index contributed by atoms with van der Waals surface area (Å²) in [4.78, 5) is 28.8. The van der Waals surface area contributed by atoms with Crippen molar-refractivity contribution in [2.75, 3.05) is 7.11 Å². The lowest BCUT2D eigenvalue weighted by molar-refractivity contribution is 0.0697. The number of hydrogen-bond donors (Lipinski definition) is 1. The quantitative estimate of drug-likeness (QED) is 0.772. The van der Waals surface area contributed by atoms with Crippen LogP contribution >= 0.6 is 0 Å². The summed E-state index contributed by atoms with van der Waals surface area (Å²) in [5.74, 6) is 0.333. The number of allylic oxidation sites excluding steroid dienone is 1. The molecule has 1 aromatic heterocycles. The molecule has 1 aliphatic heterocycles. The summed E-state index contributed by atoms with van der Waals surface area (Å²) in [5.41, 5.74) is 2.28. The molecule has 0 saturated heterocycles. The van der Waals surface area contributed by atoms with E-state index in [0.29, 0.717) is 23.3 Å². The number of nitrogens with zero attached hydrogens (tertiary/aromatic N) is 2. The number of fused-ring (bicyclic) bond motifs is 2. The van der Waals surface area contributed by atoms with Gasteiger partial charge in [-0.15, -0.1) is 0 Å². The maximum atomic E-state index is 12.9. The molecule has 0 radical (unpaired) electrons. The average Bonchev–Trinajstić information content (AvgIpc) is 2.69. The summed E-state index contributed by atoms with van der Waals surface area (Å²) in [5, 5.41) is 9.51. The number of benzene rings is 2. The van der Waals surface area contributed by atoms with Crippen molar-refractivity contribution < 1.29 is 14.6 Å². The highest BCUT2D eigenvalue weighted by molar-refractivity contribution is 5.93. The zero-order chi connectivity index (χ0) is 19.0. The van der Waals surface area contributed by atoms with E-state index >= 15 is 0 Å². The van der Waals surface area contributed by atoms with Crippen LogP contribution in [0.5, 0.6) is 5.75 Å². The number of carboxylic acid groups (broad SMARTS) is 1. The lowest BCUT2D eigenvalue weighted by atomic mass is 10.0. The Labute approximate surface area is 155 Å². The molecule has 27 heavy (non-hydrogen) atoms. The van der Waals surface area contributed by atoms with Gasteiger partial charge in [0.05, 0.1) is 23.6 Å². The van der Waals surface area contributed by atoms with E-state index in [1.54, 1.807) is 17.7 Å². The zero-order valence-electron chi connectivity index (χ0n) is 14.8. The SMILES string of the molecule is COc1ccccc1C=C1CCCn2c1nc1ccc(C(=O)O)cc1c2=O. The molecule has 0 unspecified atom stereocenters. The van der Waals surface area contributed by atoms with E-state index in [0.717, 1.165) is 29.7 Å². The molecule has 0 bridgehead atoms. The monoisotopic (exact) mass is 362 g/mol. The molecule has 3 aromatic rings. The highest BCUT2D eigenvalue weighted by Crippen LogP contribution is 2.30. The molecule has 0 amide bonds. The Morgan fingerprint density at radius 3 is 2.85 bits per heavy atom. The molecular formula is C21H18N2O4. The minimum atomic E-state index is -1.06. The summed E-state index contributed by atoms with van der Waals surface area (Å²) in [6.45, 7) is 0.567. The first-order valence-corrected chi connectivity index (χ1v) is 8.70. The Morgan fingerprint density at radius 1 is 1.26 bits per heavy atom. The van der Waals surface area contributed by atoms with Crippen molar-refractivity contribution in [3.63, 3.8) is 0 Å². The molecule has 1 N–H and O–H groups in total. The normalized spacial score (nSPS) is 14.9. The molecule has 2 aromatic carbocycles. The third-order valence-electron chi connectivity index (χ3n) is 4.78. The minimum Gasteiger partial charge on any atom is -0.496 e. The molecule has 1 aliphatic rings. The smallest absolute Gasteiger partial charge is 0.335 e. The van der Waals surface area contributed by atoms with Gasteiger partial charge in [0, 0.05) is 12.1 Å². The largest absolute Gasteiger partial charge is 0.496 e. The van der Waals surface area contributed by atoms with E-state index in [4.69, 9.17) is 4.74 Å². The fourth-order valence-corrected chi connectivity index (χ4v) is 3.46. The van der Waals surface area contributed by atoms with Crippen molar-refractivity contribution in [1.82, 2.24) is 9.55 Å². The third kappa shape index (κ3) is 2.99. The molecular weight excluding hydrogens is 344 g/mol. The van der Waals surface area contributed by atoms with Crippen LogP contribution in [0.2, 0.25) is 0 Å². The van der Waals surface area contributed by atoms with Gasteiger partial charge in [-0.05, 0) is 48.8 Å². The lowest BCUT2D eigenvalue weighted by Gasteiger charge is -2.21. The Morgan fingerprint density at radius 2 is 2.07 bits per heavy atom. The Kier molecular flexibility index (Phi) is 4.24. The summed E-state index contributed by atoms with van der Waals surface area (Å²) in [6, 6.07) is 12.2. The van der Waals surface area contributed by atoms with Gasteiger partial charge in [0.15, 0.2) is 0 Å². The van der Waals surface area contributed by atoms with Crippen LogP contribution in [0.25, 0.3) is 22.6 Å². The predicted octanol–water partition coefficient (Wildman–Crippen LogP) is 3.44. The number of hydrogen-bond acceptors (Lipinski definition) is 4. The van der Waals surface area contributed by atoms with Gasteiger partial charge in [-0.25, -0.2) is 9.78 Å². The number of carboxylic acids is 1. The van der Waals surface area contributed by atoms with Gasteiger partial charge in [0.25, 0.3) is 5.56 Å². The van der Waals surface area contributed by atoms with Gasteiger partial charge in [-0.1, -0.05) is 18.2 Å². The van der Waals surface area contributed by atoms with E-state index in [9.17, 15) is 14.7 Å². The minimum absolute atomic E-state index is 0.0857. The second kappa shape index (κ2) is 6.72. The average molecular weight is 362 g/mol. The van der Waals surface area contributed by atoms with Crippen molar-refractivity contribution >= 4 is 28.5 Å². The van der Waals surface area contributed by atoms with Crippen molar-refractivity contribution in [3.05, 3.63) is 69.8 Å². The number of methoxy groups -OCH3 is 1. The Bertz CT molecular complexity index is 1140. The van der Waals surface area contributed by atoms with Gasteiger partial charge < -0.3 is 9.84 Å². The molecule has 0 spiro atoms. The summed E-state index contributed by atoms with van der Waals surface area (Å²) < 4.78 is 7.05. The molecule has 4 rings (SSSR count). The molecule has 6 nitrogen and oxygen atoms in total. The lowest BCUT2D eigenvalue weighted by Crippen LogP contribution is -2.28. The third-order valence-corrected chi connectivity index (χ3v) is 4.78. The van der Waals surface area contributed by atoms with Crippen LogP contribution in [0.3, 0.4) is 0 Å². The number of carbonyl (C=O) groups is 1. The van der Waals surface area contributed by atoms with Crippen molar-refractivity contribution in [2.24, 2.45) is 0 Å². The van der Waals surface area contributed by atoms with Gasteiger partial charge in [-0.3, -0.25) is 9.36 Å². The standard InChI is InChI=1S/C21H18N2O4/c1-27-18-7-3-2-5-13(18)11-14-6-4-10-23-19(14)22-17-9-8-15(21(25)26)12-16(17)20(23)24/h2-3,5,7-9,11-12H,4,6,10H2,1H3,(H,25,26). The van der Waals surface area contributed by atoms with Crippen LogP contribution in [-0.4, -0.2) is 27.7 Å². The van der Waals surface area contributed by atoms with Crippen LogP contribution in [-0.2, 0) is 6.54 Å². The zero-order valence-corrected chi connectivity index (χ0v) is 14.8. The first-order valence-electron chi connectivity index (χ1n) is 8.70. The predicted molar refractivity (Wildman–Crippen MR) is 103 cm³/mol. The van der Waals surface area contributed by atoms with Crippen LogP contribution in [0, 0.1) is 0 Å². The summed E-state index contributed by atoms with van der Waals surface area (Å²) in [7, 11) is 1.63. The van der Waals surface area contributed by atoms with E-state index < -0.39 is 5.97 Å². The van der Waals surface area contributed by atoms with Crippen LogP contribution < -0.4 is 10.3 Å². The van der Waals surface area contributed by atoms with Crippen LogP contribution in [0.1, 0.15) is 34.6 Å². The van der Waals surface area contributed by atoms with E-state index in [1.165, 1.54) is 12.1 Å². The van der Waals surface area contributed by atoms with Gasteiger partial charge >= 0.3 is 5.97 Å². The molecule has 2 heterocycles. The van der Waals surface area contributed by atoms with Crippen LogP contribution in [0.4, 0.5) is 0 Å². The van der Waals surface area contributed by atoms with Gasteiger partial charge in [0.1, 0.15) is 11.6 Å². The number of ether oxygens (including phenoxy) is 1. The van der Waals surface area contributed by atoms with Crippen molar-refractivity contribution in [2.45, 2.75) is 19.4 Å². The fourth-order valence-electron chi connectivity index (χ4n) is 3.46. The molecule has 136 valence electrons. The number of aromatic nitrogens is 2. The second-order valence-corrected chi connectivity index (χ2v) is 6.44. The first kappa shape index (κ1) is 17.0. The van der Waals surface area contributed by atoms with E-state index in [2.05, 4.69) is 4.98 Å². The van der Waals surface area contributed by atoms with E-state index in [1.807, 2.05) is 30.3 Å². The first-order chi connectivity index (χ1) is 13.1. The molecule has 6 heteroatoms. The number of para-hydroxylation sites is 1. The highest BCUT2D eigenvalue weighted by atomic mass is 16.5.